The molecule has 0 fully saturated rings. The molecule has 1 atom stereocenters. The summed E-state index contributed by atoms with van der Waals surface area (Å²) in [5.74, 6) is 0. The van der Waals surface area contributed by atoms with Gasteiger partial charge in [-0.15, -0.1) is 15.3 Å². The molecule has 0 aliphatic heterocycles. The summed E-state index contributed by atoms with van der Waals surface area (Å²) in [7, 11) is 0. The van der Waals surface area contributed by atoms with Crippen molar-refractivity contribution < 1.29 is 13.2 Å². The molecule has 234 valence electrons. The Labute approximate surface area is 269 Å². The van der Waals surface area contributed by atoms with Crippen LogP contribution in [-0.2, 0) is 6.18 Å². The van der Waals surface area contributed by atoms with Gasteiger partial charge < -0.3 is 5.32 Å². The lowest BCUT2D eigenvalue weighted by Gasteiger charge is -2.15. The van der Waals surface area contributed by atoms with E-state index in [-0.39, 0.29) is 0 Å². The molecule has 0 bridgehead atoms. The van der Waals surface area contributed by atoms with Gasteiger partial charge in [0, 0.05) is 33.3 Å². The highest BCUT2D eigenvalue weighted by Crippen LogP contribution is 2.38. The van der Waals surface area contributed by atoms with Crippen LogP contribution in [0.4, 0.5) is 53.0 Å². The van der Waals surface area contributed by atoms with Crippen LogP contribution in [0.2, 0.25) is 0 Å². The van der Waals surface area contributed by atoms with E-state index in [4.69, 9.17) is 0 Å². The predicted octanol–water partition coefficient (Wildman–Crippen LogP) is 13.5. The molecule has 0 aromatic heterocycles. The maximum absolute atomic E-state index is 12.8. The molecule has 0 saturated carbocycles. The lowest BCUT2D eigenvalue weighted by Crippen LogP contribution is -2.13. The Balaban J connectivity index is 1.20. The Morgan fingerprint density at radius 3 is 1.36 bits per heavy atom. The van der Waals surface area contributed by atoms with Gasteiger partial charge in [-0.2, -0.15) is 28.5 Å². The molecule has 0 amide bonds. The number of azo groups is 3. The average Bonchev–Trinajstić information content (AvgIpc) is 3.10. The molecule has 10 heteroatoms. The van der Waals surface area contributed by atoms with Gasteiger partial charge >= 0.3 is 6.18 Å². The summed E-state index contributed by atoms with van der Waals surface area (Å²) in [4.78, 5) is 0. The normalized spacial score (nSPS) is 13.0. The number of fused-ring (bicyclic) bond motifs is 2. The molecule has 0 spiro atoms. The van der Waals surface area contributed by atoms with Crippen LogP contribution in [0.1, 0.15) is 25.8 Å². The molecular weight excluding hydrogens is 599 g/mol. The average molecular weight is 630 g/mol. The number of alkyl halides is 3. The molecule has 0 aliphatic carbocycles. The van der Waals surface area contributed by atoms with Crippen LogP contribution in [0.15, 0.2) is 152 Å². The third kappa shape index (κ3) is 7.38. The molecule has 6 aromatic rings. The molecule has 7 nitrogen and oxygen atoms in total. The van der Waals surface area contributed by atoms with E-state index in [1.54, 1.807) is 24.3 Å². The Hall–Kier alpha value is -5.77. The Morgan fingerprint density at radius 2 is 0.894 bits per heavy atom. The van der Waals surface area contributed by atoms with Crippen LogP contribution in [0.25, 0.3) is 21.5 Å². The summed E-state index contributed by atoms with van der Waals surface area (Å²) in [5, 5.41) is 33.8. The summed E-state index contributed by atoms with van der Waals surface area (Å²) < 4.78 is 38.3. The van der Waals surface area contributed by atoms with Crippen LogP contribution >= 0.6 is 0 Å². The Morgan fingerprint density at radius 1 is 0.511 bits per heavy atom. The van der Waals surface area contributed by atoms with Gasteiger partial charge in [0.15, 0.2) is 0 Å². The molecule has 1 N–H and O–H groups in total. The van der Waals surface area contributed by atoms with E-state index in [0.29, 0.717) is 34.5 Å². The van der Waals surface area contributed by atoms with Crippen molar-refractivity contribution in [3.63, 3.8) is 0 Å². The smallest absolute Gasteiger partial charge is 0.382 e. The van der Waals surface area contributed by atoms with Crippen molar-refractivity contribution in [3.05, 3.63) is 127 Å². The zero-order valence-corrected chi connectivity index (χ0v) is 25.6. The second-order valence-corrected chi connectivity index (χ2v) is 10.9. The second-order valence-electron chi connectivity index (χ2n) is 10.9. The number of rotatable bonds is 9. The van der Waals surface area contributed by atoms with Gasteiger partial charge in [0.05, 0.1) is 39.7 Å². The third-order valence-electron chi connectivity index (χ3n) is 7.66. The Kier molecular flexibility index (Phi) is 9.10. The van der Waals surface area contributed by atoms with Crippen molar-refractivity contribution in [2.45, 2.75) is 32.5 Å². The quantitative estimate of drug-likeness (QED) is 0.159. The molecule has 0 radical (unpaired) electrons. The highest BCUT2D eigenvalue weighted by molar-refractivity contribution is 6.01. The van der Waals surface area contributed by atoms with Gasteiger partial charge in [0.2, 0.25) is 0 Å². The molecule has 0 heterocycles. The number of halogens is 3. The van der Waals surface area contributed by atoms with E-state index < -0.39 is 11.7 Å². The fraction of sp³-hybridized carbons (Fsp3) is 0.135. The van der Waals surface area contributed by atoms with Gasteiger partial charge in [0.25, 0.3) is 0 Å². The largest absolute Gasteiger partial charge is 0.416 e. The van der Waals surface area contributed by atoms with Crippen LogP contribution in [-0.4, -0.2) is 6.04 Å². The summed E-state index contributed by atoms with van der Waals surface area (Å²) in [6.07, 6.45) is -3.37. The van der Waals surface area contributed by atoms with Gasteiger partial charge in [-0.1, -0.05) is 55.5 Å². The standard InChI is InChI=1S/C37H30F3N7/c1-3-24(2)41-33-20-21-35(30-9-5-4-8-29(30)33)46-47-36-23-22-34(31-10-6-7-11-32(31)36)45-44-28-18-16-27(17-19-28)43-42-26-14-12-25(13-15-26)37(38,39)40/h4-24,41H,3H2,1-2H3/b43-42+,45-44+,47-46+. The van der Waals surface area contributed by atoms with Crippen molar-refractivity contribution in [2.24, 2.45) is 30.7 Å². The molecule has 47 heavy (non-hydrogen) atoms. The fourth-order valence-electron chi connectivity index (χ4n) is 4.94. The monoisotopic (exact) mass is 629 g/mol. The number of nitrogens with zero attached hydrogens (tertiary/aromatic N) is 6. The first-order valence-corrected chi connectivity index (χ1v) is 15.1. The van der Waals surface area contributed by atoms with Crippen molar-refractivity contribution in [1.82, 2.24) is 0 Å². The first-order valence-electron chi connectivity index (χ1n) is 15.1. The fourth-order valence-corrected chi connectivity index (χ4v) is 4.94. The van der Waals surface area contributed by atoms with Crippen LogP contribution < -0.4 is 5.32 Å². The second kappa shape index (κ2) is 13.7. The molecule has 6 rings (SSSR count). The molecule has 0 saturated heterocycles. The number of benzene rings is 6. The summed E-state index contributed by atoms with van der Waals surface area (Å²) in [5.41, 5.74) is 3.96. The predicted molar refractivity (Wildman–Crippen MR) is 182 cm³/mol. The molecular formula is C37H30F3N7. The van der Waals surface area contributed by atoms with E-state index in [1.807, 2.05) is 54.6 Å². The Bertz CT molecular complexity index is 2100. The number of nitrogens with one attached hydrogen (secondary N) is 1. The third-order valence-corrected chi connectivity index (χ3v) is 7.66. The molecule has 6 aromatic carbocycles. The first kappa shape index (κ1) is 31.2. The van der Waals surface area contributed by atoms with Gasteiger partial charge in [-0.3, -0.25) is 0 Å². The maximum atomic E-state index is 12.8. The minimum absolute atomic E-state index is 0.317. The van der Waals surface area contributed by atoms with E-state index in [2.05, 4.69) is 68.0 Å². The van der Waals surface area contributed by atoms with Crippen LogP contribution in [0.5, 0.6) is 0 Å². The van der Waals surface area contributed by atoms with Crippen molar-refractivity contribution in [2.75, 3.05) is 5.32 Å². The zero-order valence-electron chi connectivity index (χ0n) is 25.6. The minimum atomic E-state index is -4.40. The number of hydrogen-bond acceptors (Lipinski definition) is 7. The van der Waals surface area contributed by atoms with Gasteiger partial charge in [-0.25, -0.2) is 0 Å². The maximum Gasteiger partial charge on any atom is 0.416 e. The highest BCUT2D eigenvalue weighted by atomic mass is 19.4. The summed E-state index contributed by atoms with van der Waals surface area (Å²) >= 11 is 0. The number of anilines is 1. The van der Waals surface area contributed by atoms with Gasteiger partial charge in [0.1, 0.15) is 0 Å². The van der Waals surface area contributed by atoms with E-state index in [1.165, 1.54) is 12.1 Å². The van der Waals surface area contributed by atoms with Crippen molar-refractivity contribution >= 4 is 61.4 Å². The van der Waals surface area contributed by atoms with Crippen LogP contribution in [0, 0.1) is 0 Å². The van der Waals surface area contributed by atoms with Crippen molar-refractivity contribution in [1.29, 1.82) is 0 Å². The lowest BCUT2D eigenvalue weighted by atomic mass is 10.1. The van der Waals surface area contributed by atoms with E-state index in [0.717, 1.165) is 51.5 Å². The lowest BCUT2D eigenvalue weighted by molar-refractivity contribution is -0.137. The van der Waals surface area contributed by atoms with Crippen LogP contribution in [0.3, 0.4) is 0 Å². The minimum Gasteiger partial charge on any atom is -0.382 e. The zero-order chi connectivity index (χ0) is 32.8. The number of hydrogen-bond donors (Lipinski definition) is 1. The topological polar surface area (TPSA) is 86.2 Å². The summed E-state index contributed by atoms with van der Waals surface area (Å²) in [6, 6.07) is 35.6. The highest BCUT2D eigenvalue weighted by Gasteiger charge is 2.29. The van der Waals surface area contributed by atoms with Crippen molar-refractivity contribution in [3.8, 4) is 0 Å². The summed E-state index contributed by atoms with van der Waals surface area (Å²) in [6.45, 7) is 4.32. The molecule has 1 unspecified atom stereocenters. The van der Waals surface area contributed by atoms with E-state index >= 15 is 0 Å². The first-order chi connectivity index (χ1) is 22.8. The molecule has 0 aliphatic rings. The SMILES string of the molecule is CCC(C)Nc1ccc(/N=N/c2ccc(/N=N/c3ccc(/N=N/c4ccc(C(F)(F)F)cc4)cc3)c3ccccc23)c2ccccc12. The van der Waals surface area contributed by atoms with E-state index in [9.17, 15) is 13.2 Å². The van der Waals surface area contributed by atoms with Gasteiger partial charge in [-0.05, 0) is 86.1 Å².